The Morgan fingerprint density at radius 1 is 0.786 bits per heavy atom. The SMILES string of the molecule is O=C(O)[C@@H](CCCO)NC(c1ccccc1)(c1ccccc1)c1ccccc1. The summed E-state index contributed by atoms with van der Waals surface area (Å²) in [6.45, 7) is -0.0412. The molecule has 0 heterocycles. The third-order valence-corrected chi connectivity index (χ3v) is 4.96. The molecule has 0 aromatic heterocycles. The van der Waals surface area contributed by atoms with Gasteiger partial charge in [-0.3, -0.25) is 10.1 Å². The van der Waals surface area contributed by atoms with Crippen molar-refractivity contribution in [2.75, 3.05) is 6.61 Å². The molecule has 3 rings (SSSR count). The Labute approximate surface area is 165 Å². The fraction of sp³-hybridized carbons (Fsp3) is 0.208. The Balaban J connectivity index is 2.23. The van der Waals surface area contributed by atoms with Crippen LogP contribution in [0.25, 0.3) is 0 Å². The van der Waals surface area contributed by atoms with Crippen LogP contribution in [0, 0.1) is 0 Å². The van der Waals surface area contributed by atoms with Crippen LogP contribution < -0.4 is 5.32 Å². The van der Waals surface area contributed by atoms with Crippen LogP contribution in [0.15, 0.2) is 91.0 Å². The summed E-state index contributed by atoms with van der Waals surface area (Å²) in [5.41, 5.74) is 2.05. The average molecular weight is 375 g/mol. The molecule has 0 spiro atoms. The fourth-order valence-electron chi connectivity index (χ4n) is 3.63. The number of aliphatic carboxylic acids is 1. The normalized spacial score (nSPS) is 12.5. The lowest BCUT2D eigenvalue weighted by Gasteiger charge is -2.39. The van der Waals surface area contributed by atoms with Crippen molar-refractivity contribution in [3.8, 4) is 0 Å². The summed E-state index contributed by atoms with van der Waals surface area (Å²) < 4.78 is 0. The zero-order valence-corrected chi connectivity index (χ0v) is 15.7. The standard InChI is InChI=1S/C24H25NO3/c26-18-10-17-22(23(27)28)25-24(19-11-4-1-5-12-19,20-13-6-2-7-14-20)21-15-8-3-9-16-21/h1-9,11-16,22,25-26H,10,17-18H2,(H,27,28)/t22-/m1/s1. The number of aliphatic hydroxyl groups excluding tert-OH is 1. The van der Waals surface area contributed by atoms with Gasteiger partial charge in [0.05, 0.1) is 5.54 Å². The molecule has 4 heteroatoms. The number of aliphatic hydroxyl groups is 1. The van der Waals surface area contributed by atoms with Crippen LogP contribution in [-0.4, -0.2) is 28.8 Å². The second-order valence-electron chi connectivity index (χ2n) is 6.75. The Morgan fingerprint density at radius 3 is 1.50 bits per heavy atom. The zero-order chi connectivity index (χ0) is 19.8. The molecule has 1 atom stereocenters. The molecule has 0 bridgehead atoms. The molecular weight excluding hydrogens is 350 g/mol. The predicted molar refractivity (Wildman–Crippen MR) is 110 cm³/mol. The van der Waals surface area contributed by atoms with Gasteiger partial charge in [0.2, 0.25) is 0 Å². The van der Waals surface area contributed by atoms with Crippen molar-refractivity contribution in [2.45, 2.75) is 24.4 Å². The molecule has 3 aromatic rings. The Hall–Kier alpha value is -2.95. The van der Waals surface area contributed by atoms with E-state index in [4.69, 9.17) is 0 Å². The van der Waals surface area contributed by atoms with Crippen molar-refractivity contribution >= 4 is 5.97 Å². The molecule has 0 aliphatic rings. The first-order valence-corrected chi connectivity index (χ1v) is 9.46. The molecular formula is C24H25NO3. The van der Waals surface area contributed by atoms with E-state index in [-0.39, 0.29) is 6.61 Å². The van der Waals surface area contributed by atoms with E-state index in [1.165, 1.54) is 0 Å². The summed E-state index contributed by atoms with van der Waals surface area (Å²) in [6, 6.07) is 28.9. The van der Waals surface area contributed by atoms with Crippen molar-refractivity contribution in [1.29, 1.82) is 0 Å². The van der Waals surface area contributed by atoms with E-state index >= 15 is 0 Å². The van der Waals surface area contributed by atoms with Gasteiger partial charge in [-0.2, -0.15) is 0 Å². The van der Waals surface area contributed by atoms with E-state index in [2.05, 4.69) is 5.32 Å². The molecule has 28 heavy (non-hydrogen) atoms. The largest absolute Gasteiger partial charge is 0.480 e. The number of hydrogen-bond donors (Lipinski definition) is 3. The van der Waals surface area contributed by atoms with E-state index in [9.17, 15) is 15.0 Å². The van der Waals surface area contributed by atoms with Gasteiger partial charge in [-0.1, -0.05) is 91.0 Å². The quantitative estimate of drug-likeness (QED) is 0.498. The maximum absolute atomic E-state index is 12.0. The van der Waals surface area contributed by atoms with Gasteiger partial charge in [0.15, 0.2) is 0 Å². The summed E-state index contributed by atoms with van der Waals surface area (Å²) in [4.78, 5) is 12.0. The van der Waals surface area contributed by atoms with Crippen LogP contribution in [0.4, 0.5) is 0 Å². The molecule has 0 aliphatic heterocycles. The number of carboxylic acids is 1. The van der Waals surface area contributed by atoms with E-state index in [0.717, 1.165) is 16.7 Å². The van der Waals surface area contributed by atoms with Gasteiger partial charge in [-0.25, -0.2) is 0 Å². The molecule has 0 aliphatic carbocycles. The molecule has 0 saturated heterocycles. The van der Waals surface area contributed by atoms with Crippen molar-refractivity contribution in [2.24, 2.45) is 0 Å². The molecule has 144 valence electrons. The van der Waals surface area contributed by atoms with Crippen LogP contribution >= 0.6 is 0 Å². The molecule has 0 saturated carbocycles. The first-order valence-electron chi connectivity index (χ1n) is 9.46. The molecule has 0 fully saturated rings. The molecule has 0 unspecified atom stereocenters. The lowest BCUT2D eigenvalue weighted by molar-refractivity contribution is -0.140. The Morgan fingerprint density at radius 2 is 1.18 bits per heavy atom. The molecule has 3 aromatic carbocycles. The minimum absolute atomic E-state index is 0.0412. The molecule has 4 nitrogen and oxygen atoms in total. The summed E-state index contributed by atoms with van der Waals surface area (Å²) in [5.74, 6) is -0.930. The van der Waals surface area contributed by atoms with E-state index in [1.807, 2.05) is 91.0 Å². The number of carbonyl (C=O) groups is 1. The monoisotopic (exact) mass is 375 g/mol. The summed E-state index contributed by atoms with van der Waals surface area (Å²) in [7, 11) is 0. The van der Waals surface area contributed by atoms with Gasteiger partial charge in [0, 0.05) is 6.61 Å². The zero-order valence-electron chi connectivity index (χ0n) is 15.7. The van der Waals surface area contributed by atoms with Gasteiger partial charge in [-0.15, -0.1) is 0 Å². The summed E-state index contributed by atoms with van der Waals surface area (Å²) in [6.07, 6.45) is 0.749. The molecule has 0 radical (unpaired) electrons. The van der Waals surface area contributed by atoms with Crippen LogP contribution in [0.1, 0.15) is 29.5 Å². The number of benzene rings is 3. The van der Waals surface area contributed by atoms with Crippen molar-refractivity contribution in [3.63, 3.8) is 0 Å². The highest BCUT2D eigenvalue weighted by Crippen LogP contribution is 2.37. The Kier molecular flexibility index (Phi) is 6.58. The third-order valence-electron chi connectivity index (χ3n) is 4.96. The first-order chi connectivity index (χ1) is 13.7. The van der Waals surface area contributed by atoms with Crippen LogP contribution in [0.5, 0.6) is 0 Å². The average Bonchev–Trinajstić information content (AvgIpc) is 2.76. The Bertz CT molecular complexity index is 769. The maximum atomic E-state index is 12.0. The molecule has 0 amide bonds. The second-order valence-corrected chi connectivity index (χ2v) is 6.75. The smallest absolute Gasteiger partial charge is 0.320 e. The minimum Gasteiger partial charge on any atom is -0.480 e. The van der Waals surface area contributed by atoms with Gasteiger partial charge < -0.3 is 10.2 Å². The van der Waals surface area contributed by atoms with E-state index < -0.39 is 17.6 Å². The number of rotatable bonds is 9. The maximum Gasteiger partial charge on any atom is 0.320 e. The van der Waals surface area contributed by atoms with E-state index in [0.29, 0.717) is 12.8 Å². The van der Waals surface area contributed by atoms with Gasteiger partial charge in [0.1, 0.15) is 6.04 Å². The van der Waals surface area contributed by atoms with Crippen molar-refractivity contribution < 1.29 is 15.0 Å². The predicted octanol–water partition coefficient (Wildman–Crippen LogP) is 3.79. The summed E-state index contributed by atoms with van der Waals surface area (Å²) >= 11 is 0. The van der Waals surface area contributed by atoms with E-state index in [1.54, 1.807) is 0 Å². The van der Waals surface area contributed by atoms with Crippen molar-refractivity contribution in [3.05, 3.63) is 108 Å². The van der Waals surface area contributed by atoms with Gasteiger partial charge >= 0.3 is 5.97 Å². The number of nitrogens with one attached hydrogen (secondary N) is 1. The second kappa shape index (κ2) is 9.31. The highest BCUT2D eigenvalue weighted by molar-refractivity contribution is 5.74. The van der Waals surface area contributed by atoms with Gasteiger partial charge in [0.25, 0.3) is 0 Å². The highest BCUT2D eigenvalue weighted by Gasteiger charge is 2.39. The van der Waals surface area contributed by atoms with Crippen molar-refractivity contribution in [1.82, 2.24) is 5.32 Å². The lowest BCUT2D eigenvalue weighted by atomic mass is 9.76. The molecule has 3 N–H and O–H groups in total. The lowest BCUT2D eigenvalue weighted by Crippen LogP contribution is -2.52. The third kappa shape index (κ3) is 4.14. The minimum atomic E-state index is -0.930. The highest BCUT2D eigenvalue weighted by atomic mass is 16.4. The topological polar surface area (TPSA) is 69.6 Å². The number of hydrogen-bond acceptors (Lipinski definition) is 3. The van der Waals surface area contributed by atoms with Gasteiger partial charge in [-0.05, 0) is 29.5 Å². The fourth-order valence-corrected chi connectivity index (χ4v) is 3.63. The number of carboxylic acid groups (broad SMARTS) is 1. The van der Waals surface area contributed by atoms with Crippen LogP contribution in [-0.2, 0) is 10.3 Å². The van der Waals surface area contributed by atoms with Crippen LogP contribution in [0.3, 0.4) is 0 Å². The summed E-state index contributed by atoms with van der Waals surface area (Å²) in [5, 5.41) is 22.5. The first kappa shape index (κ1) is 19.8. The van der Waals surface area contributed by atoms with Crippen LogP contribution in [0.2, 0.25) is 0 Å².